The molecule has 0 aliphatic rings. The molecule has 1 aromatic carbocycles. The number of aromatic amines is 1. The average Bonchev–Trinajstić information content (AvgIpc) is 3.36. The highest BCUT2D eigenvalue weighted by molar-refractivity contribution is 9.10. The second-order valence-electron chi connectivity index (χ2n) is 5.65. The average molecular weight is 428 g/mol. The molecule has 2 N–H and O–H groups in total. The van der Waals surface area contributed by atoms with Gasteiger partial charge in [-0.05, 0) is 51.1 Å². The van der Waals surface area contributed by atoms with Gasteiger partial charge in [-0.3, -0.25) is 14.6 Å². The monoisotopic (exact) mass is 427 g/mol. The van der Waals surface area contributed by atoms with E-state index in [1.807, 2.05) is 52.7 Å². The van der Waals surface area contributed by atoms with Crippen LogP contribution in [0.5, 0.6) is 0 Å². The molecule has 4 aromatic rings. The Kier molecular flexibility index (Phi) is 4.68. The molecule has 0 saturated carbocycles. The first-order valence-corrected chi connectivity index (χ1v) is 9.52. The third-order valence-electron chi connectivity index (χ3n) is 3.73. The molecular weight excluding hydrogens is 414 g/mol. The Morgan fingerprint density at radius 3 is 2.96 bits per heavy atom. The van der Waals surface area contributed by atoms with Gasteiger partial charge < -0.3 is 5.32 Å². The SMILES string of the molecule is O=C(Nc1cccc(Cn2cc(Br)cn2)c1)c1cc(-c2cccs2)[nH]n1. The number of hydrogen-bond donors (Lipinski definition) is 2. The first-order valence-electron chi connectivity index (χ1n) is 7.85. The number of nitrogens with one attached hydrogen (secondary N) is 2. The van der Waals surface area contributed by atoms with Crippen molar-refractivity contribution in [2.45, 2.75) is 6.54 Å². The minimum absolute atomic E-state index is 0.247. The Labute approximate surface area is 162 Å². The summed E-state index contributed by atoms with van der Waals surface area (Å²) in [5.74, 6) is -0.247. The minimum atomic E-state index is -0.247. The summed E-state index contributed by atoms with van der Waals surface area (Å²) in [6.07, 6.45) is 3.65. The van der Waals surface area contributed by atoms with Gasteiger partial charge >= 0.3 is 0 Å². The minimum Gasteiger partial charge on any atom is -0.321 e. The van der Waals surface area contributed by atoms with E-state index >= 15 is 0 Å². The lowest BCUT2D eigenvalue weighted by Gasteiger charge is -2.06. The van der Waals surface area contributed by atoms with E-state index in [1.165, 1.54) is 0 Å². The van der Waals surface area contributed by atoms with Gasteiger partial charge in [0.1, 0.15) is 0 Å². The van der Waals surface area contributed by atoms with Crippen molar-refractivity contribution in [3.05, 3.63) is 76.0 Å². The summed E-state index contributed by atoms with van der Waals surface area (Å²) in [6, 6.07) is 13.4. The lowest BCUT2D eigenvalue weighted by Crippen LogP contribution is -2.12. The van der Waals surface area contributed by atoms with E-state index < -0.39 is 0 Å². The summed E-state index contributed by atoms with van der Waals surface area (Å²) in [5.41, 5.74) is 2.96. The molecule has 3 aromatic heterocycles. The van der Waals surface area contributed by atoms with Crippen LogP contribution in [0.2, 0.25) is 0 Å². The van der Waals surface area contributed by atoms with E-state index in [4.69, 9.17) is 0 Å². The Balaban J connectivity index is 1.47. The van der Waals surface area contributed by atoms with E-state index in [1.54, 1.807) is 23.6 Å². The number of carbonyl (C=O) groups is 1. The second kappa shape index (κ2) is 7.27. The number of rotatable bonds is 5. The molecule has 3 heterocycles. The van der Waals surface area contributed by atoms with Crippen LogP contribution in [0.4, 0.5) is 5.69 Å². The Bertz CT molecular complexity index is 1040. The first kappa shape index (κ1) is 16.7. The number of carbonyl (C=O) groups excluding carboxylic acids is 1. The largest absolute Gasteiger partial charge is 0.321 e. The van der Waals surface area contributed by atoms with Crippen molar-refractivity contribution in [2.75, 3.05) is 5.32 Å². The molecule has 0 atom stereocenters. The third kappa shape index (κ3) is 3.76. The third-order valence-corrected chi connectivity index (χ3v) is 5.04. The normalized spacial score (nSPS) is 10.8. The topological polar surface area (TPSA) is 75.6 Å². The summed E-state index contributed by atoms with van der Waals surface area (Å²) >= 11 is 4.98. The fraction of sp³-hybridized carbons (Fsp3) is 0.0556. The zero-order valence-corrected chi connectivity index (χ0v) is 15.9. The molecule has 0 spiro atoms. The maximum absolute atomic E-state index is 12.5. The smallest absolute Gasteiger partial charge is 0.276 e. The number of nitrogens with zero attached hydrogens (tertiary/aromatic N) is 3. The van der Waals surface area contributed by atoms with Gasteiger partial charge in [0, 0.05) is 11.9 Å². The zero-order valence-electron chi connectivity index (χ0n) is 13.5. The second-order valence-corrected chi connectivity index (χ2v) is 7.52. The Morgan fingerprint density at radius 1 is 1.27 bits per heavy atom. The van der Waals surface area contributed by atoms with Crippen LogP contribution in [0, 0.1) is 0 Å². The molecule has 0 aliphatic heterocycles. The van der Waals surface area contributed by atoms with Crippen LogP contribution in [-0.4, -0.2) is 25.9 Å². The van der Waals surface area contributed by atoms with E-state index in [-0.39, 0.29) is 5.91 Å². The van der Waals surface area contributed by atoms with E-state index in [2.05, 4.69) is 36.5 Å². The van der Waals surface area contributed by atoms with Crippen molar-refractivity contribution in [2.24, 2.45) is 0 Å². The van der Waals surface area contributed by atoms with Crippen molar-refractivity contribution >= 4 is 38.9 Å². The van der Waals surface area contributed by atoms with Crippen molar-refractivity contribution in [1.82, 2.24) is 20.0 Å². The number of aromatic nitrogens is 4. The van der Waals surface area contributed by atoms with Crippen molar-refractivity contribution < 1.29 is 4.79 Å². The number of amides is 1. The standard InChI is InChI=1S/C18H14BrN5OS/c19-13-9-20-24(11-13)10-12-3-1-4-14(7-12)21-18(25)16-8-15(22-23-16)17-5-2-6-26-17/h1-9,11H,10H2,(H,21,25)(H,22,23). The number of halogens is 1. The van der Waals surface area contributed by atoms with Gasteiger partial charge in [-0.1, -0.05) is 18.2 Å². The van der Waals surface area contributed by atoms with Gasteiger partial charge in [-0.2, -0.15) is 10.2 Å². The molecular formula is C18H14BrN5OS. The molecule has 26 heavy (non-hydrogen) atoms. The van der Waals surface area contributed by atoms with Gasteiger partial charge in [0.2, 0.25) is 0 Å². The molecule has 0 unspecified atom stereocenters. The van der Waals surface area contributed by atoms with Crippen LogP contribution >= 0.6 is 27.3 Å². The van der Waals surface area contributed by atoms with Crippen molar-refractivity contribution in [3.63, 3.8) is 0 Å². The number of H-pyrrole nitrogens is 1. The van der Waals surface area contributed by atoms with Crippen LogP contribution in [0.3, 0.4) is 0 Å². The van der Waals surface area contributed by atoms with Gasteiger partial charge in [-0.15, -0.1) is 11.3 Å². The summed E-state index contributed by atoms with van der Waals surface area (Å²) in [5, 5.41) is 16.1. The molecule has 4 rings (SSSR count). The fourth-order valence-corrected chi connectivity index (χ4v) is 3.57. The Morgan fingerprint density at radius 2 is 2.19 bits per heavy atom. The summed E-state index contributed by atoms with van der Waals surface area (Å²) in [6.45, 7) is 0.625. The summed E-state index contributed by atoms with van der Waals surface area (Å²) in [4.78, 5) is 13.5. The maximum Gasteiger partial charge on any atom is 0.276 e. The Hall–Kier alpha value is -2.71. The van der Waals surface area contributed by atoms with Crippen LogP contribution in [0.15, 0.2) is 64.7 Å². The number of anilines is 1. The predicted octanol–water partition coefficient (Wildman–Crippen LogP) is 4.40. The highest BCUT2D eigenvalue weighted by atomic mass is 79.9. The molecule has 0 aliphatic carbocycles. The van der Waals surface area contributed by atoms with Crippen LogP contribution < -0.4 is 5.32 Å². The lowest BCUT2D eigenvalue weighted by molar-refractivity contribution is 0.102. The van der Waals surface area contributed by atoms with Gasteiger partial charge in [-0.25, -0.2) is 0 Å². The van der Waals surface area contributed by atoms with Crippen LogP contribution in [0.1, 0.15) is 16.1 Å². The van der Waals surface area contributed by atoms with Gasteiger partial charge in [0.05, 0.1) is 27.8 Å². The molecule has 6 nitrogen and oxygen atoms in total. The van der Waals surface area contributed by atoms with Gasteiger partial charge in [0.25, 0.3) is 5.91 Å². The quantitative estimate of drug-likeness (QED) is 0.495. The molecule has 1 amide bonds. The van der Waals surface area contributed by atoms with E-state index in [0.717, 1.165) is 26.3 Å². The lowest BCUT2D eigenvalue weighted by atomic mass is 10.2. The first-order chi connectivity index (χ1) is 12.7. The highest BCUT2D eigenvalue weighted by Gasteiger charge is 2.12. The van der Waals surface area contributed by atoms with Gasteiger partial charge in [0.15, 0.2) is 5.69 Å². The van der Waals surface area contributed by atoms with Crippen molar-refractivity contribution in [1.29, 1.82) is 0 Å². The van der Waals surface area contributed by atoms with Crippen LogP contribution in [-0.2, 0) is 6.54 Å². The van der Waals surface area contributed by atoms with Crippen molar-refractivity contribution in [3.8, 4) is 10.6 Å². The van der Waals surface area contributed by atoms with E-state index in [0.29, 0.717) is 12.2 Å². The predicted molar refractivity (Wildman–Crippen MR) is 105 cm³/mol. The highest BCUT2D eigenvalue weighted by Crippen LogP contribution is 2.23. The molecule has 8 heteroatoms. The summed E-state index contributed by atoms with van der Waals surface area (Å²) < 4.78 is 2.76. The molecule has 0 fully saturated rings. The molecule has 0 radical (unpaired) electrons. The number of hydrogen-bond acceptors (Lipinski definition) is 4. The summed E-state index contributed by atoms with van der Waals surface area (Å²) in [7, 11) is 0. The maximum atomic E-state index is 12.5. The molecule has 130 valence electrons. The molecule has 0 bridgehead atoms. The fourth-order valence-electron chi connectivity index (χ4n) is 2.55. The van der Waals surface area contributed by atoms with Crippen LogP contribution in [0.25, 0.3) is 10.6 Å². The number of thiophene rings is 1. The number of benzene rings is 1. The molecule has 0 saturated heterocycles. The zero-order chi connectivity index (χ0) is 17.9. The van der Waals surface area contributed by atoms with E-state index in [9.17, 15) is 4.79 Å².